The zero-order chi connectivity index (χ0) is 13.0. The van der Waals surface area contributed by atoms with E-state index in [9.17, 15) is 0 Å². The average molecular weight is 347 g/mol. The van der Waals surface area contributed by atoms with E-state index in [0.717, 1.165) is 27.3 Å². The summed E-state index contributed by atoms with van der Waals surface area (Å²) in [6, 6.07) is 8.05. The summed E-state index contributed by atoms with van der Waals surface area (Å²) in [5.74, 6) is 0. The maximum absolute atomic E-state index is 5.90. The van der Waals surface area contributed by atoms with Crippen LogP contribution >= 0.6 is 38.9 Å². The Morgan fingerprint density at radius 2 is 2.28 bits per heavy atom. The Kier molecular flexibility index (Phi) is 5.06. The molecule has 0 aliphatic heterocycles. The average Bonchev–Trinajstić information content (AvgIpc) is 2.76. The van der Waals surface area contributed by atoms with Crippen molar-refractivity contribution < 1.29 is 4.74 Å². The van der Waals surface area contributed by atoms with E-state index < -0.39 is 0 Å². The van der Waals surface area contributed by atoms with Gasteiger partial charge < -0.3 is 10.1 Å². The molecule has 0 spiro atoms. The van der Waals surface area contributed by atoms with E-state index >= 15 is 0 Å². The standard InChI is InChI=1S/C13H13BrClNOS/c1-17-7-11-12(14)3-2-4-13(11)16-6-10-5-9(15)8-18-10/h2-5,8,16H,6-7H2,1H3. The Morgan fingerprint density at radius 1 is 1.44 bits per heavy atom. The molecule has 2 nitrogen and oxygen atoms in total. The first-order valence-electron chi connectivity index (χ1n) is 5.44. The minimum Gasteiger partial charge on any atom is -0.380 e. The molecule has 1 N–H and O–H groups in total. The van der Waals surface area contributed by atoms with Gasteiger partial charge in [-0.3, -0.25) is 0 Å². The van der Waals surface area contributed by atoms with Crippen LogP contribution in [0.15, 0.2) is 34.1 Å². The van der Waals surface area contributed by atoms with Crippen molar-refractivity contribution in [1.29, 1.82) is 0 Å². The number of benzene rings is 1. The fourth-order valence-corrected chi connectivity index (χ4v) is 3.14. The van der Waals surface area contributed by atoms with Crippen LogP contribution in [0, 0.1) is 0 Å². The molecule has 2 rings (SSSR count). The van der Waals surface area contributed by atoms with Gasteiger partial charge >= 0.3 is 0 Å². The first-order chi connectivity index (χ1) is 8.70. The molecule has 0 amide bonds. The van der Waals surface area contributed by atoms with Gasteiger partial charge in [0.05, 0.1) is 11.6 Å². The van der Waals surface area contributed by atoms with Crippen LogP contribution in [0.2, 0.25) is 5.02 Å². The van der Waals surface area contributed by atoms with Crippen molar-refractivity contribution in [2.24, 2.45) is 0 Å². The maximum Gasteiger partial charge on any atom is 0.0744 e. The third-order valence-corrected chi connectivity index (χ3v) is 4.51. The second kappa shape index (κ2) is 6.57. The van der Waals surface area contributed by atoms with Gasteiger partial charge in [0.25, 0.3) is 0 Å². The van der Waals surface area contributed by atoms with E-state index in [1.165, 1.54) is 4.88 Å². The molecule has 0 aliphatic carbocycles. The molecule has 1 aromatic carbocycles. The molecule has 0 radical (unpaired) electrons. The first kappa shape index (κ1) is 13.9. The number of anilines is 1. The summed E-state index contributed by atoms with van der Waals surface area (Å²) in [6.07, 6.45) is 0. The Balaban J connectivity index is 2.11. The number of rotatable bonds is 5. The van der Waals surface area contributed by atoms with Gasteiger partial charge in [-0.15, -0.1) is 11.3 Å². The summed E-state index contributed by atoms with van der Waals surface area (Å²) in [6.45, 7) is 1.35. The van der Waals surface area contributed by atoms with Gasteiger partial charge in [0, 0.05) is 39.6 Å². The van der Waals surface area contributed by atoms with Crippen LogP contribution in [-0.4, -0.2) is 7.11 Å². The summed E-state index contributed by atoms with van der Waals surface area (Å²) in [4.78, 5) is 1.21. The van der Waals surface area contributed by atoms with Gasteiger partial charge in [-0.2, -0.15) is 0 Å². The van der Waals surface area contributed by atoms with Crippen molar-refractivity contribution in [3.63, 3.8) is 0 Å². The number of hydrogen-bond donors (Lipinski definition) is 1. The molecule has 1 heterocycles. The third kappa shape index (κ3) is 3.48. The molecule has 18 heavy (non-hydrogen) atoms. The molecule has 0 unspecified atom stereocenters. The van der Waals surface area contributed by atoms with Gasteiger partial charge in [-0.05, 0) is 18.2 Å². The van der Waals surface area contributed by atoms with Gasteiger partial charge in [0.15, 0.2) is 0 Å². The van der Waals surface area contributed by atoms with Crippen molar-refractivity contribution in [2.75, 3.05) is 12.4 Å². The smallest absolute Gasteiger partial charge is 0.0744 e. The zero-order valence-corrected chi connectivity index (χ0v) is 13.0. The quantitative estimate of drug-likeness (QED) is 0.829. The number of nitrogens with one attached hydrogen (secondary N) is 1. The number of ether oxygens (including phenoxy) is 1. The van der Waals surface area contributed by atoms with E-state index in [0.29, 0.717) is 6.61 Å². The highest BCUT2D eigenvalue weighted by Gasteiger charge is 2.06. The lowest BCUT2D eigenvalue weighted by atomic mass is 10.2. The van der Waals surface area contributed by atoms with Gasteiger partial charge in [-0.1, -0.05) is 33.6 Å². The predicted molar refractivity (Wildman–Crippen MR) is 81.5 cm³/mol. The van der Waals surface area contributed by atoms with Crippen LogP contribution in [-0.2, 0) is 17.9 Å². The number of thiophene rings is 1. The molecular formula is C13H13BrClNOS. The van der Waals surface area contributed by atoms with Crippen LogP contribution in [0.4, 0.5) is 5.69 Å². The zero-order valence-electron chi connectivity index (χ0n) is 9.87. The Bertz CT molecular complexity index is 529. The van der Waals surface area contributed by atoms with Gasteiger partial charge in [-0.25, -0.2) is 0 Å². The summed E-state index contributed by atoms with van der Waals surface area (Å²) in [7, 11) is 1.70. The normalized spacial score (nSPS) is 10.6. The first-order valence-corrected chi connectivity index (χ1v) is 7.49. The van der Waals surface area contributed by atoms with Crippen molar-refractivity contribution in [2.45, 2.75) is 13.2 Å². The molecular weight excluding hydrogens is 334 g/mol. The molecule has 0 bridgehead atoms. The lowest BCUT2D eigenvalue weighted by molar-refractivity contribution is 0.185. The minimum atomic E-state index is 0.578. The Morgan fingerprint density at radius 3 is 2.94 bits per heavy atom. The second-order valence-electron chi connectivity index (χ2n) is 3.78. The van der Waals surface area contributed by atoms with Gasteiger partial charge in [0.1, 0.15) is 0 Å². The summed E-state index contributed by atoms with van der Waals surface area (Å²) < 4.78 is 6.27. The molecule has 0 saturated heterocycles. The summed E-state index contributed by atoms with van der Waals surface area (Å²) in [5.41, 5.74) is 2.21. The summed E-state index contributed by atoms with van der Waals surface area (Å²) >= 11 is 11.1. The van der Waals surface area contributed by atoms with Crippen molar-refractivity contribution in [3.8, 4) is 0 Å². The maximum atomic E-state index is 5.90. The van der Waals surface area contributed by atoms with E-state index in [4.69, 9.17) is 16.3 Å². The molecule has 0 atom stereocenters. The van der Waals surface area contributed by atoms with E-state index in [1.54, 1.807) is 18.4 Å². The van der Waals surface area contributed by atoms with Crippen LogP contribution in [0.25, 0.3) is 0 Å². The van der Waals surface area contributed by atoms with E-state index in [2.05, 4.69) is 21.2 Å². The van der Waals surface area contributed by atoms with Crippen LogP contribution in [0.1, 0.15) is 10.4 Å². The van der Waals surface area contributed by atoms with Crippen molar-refractivity contribution >= 4 is 44.6 Å². The SMILES string of the molecule is COCc1c(Br)cccc1NCc1cc(Cl)cs1. The fraction of sp³-hybridized carbons (Fsp3) is 0.231. The Labute approximate surface area is 124 Å². The molecule has 5 heteroatoms. The molecule has 0 aliphatic rings. The van der Waals surface area contributed by atoms with Crippen molar-refractivity contribution in [1.82, 2.24) is 0 Å². The molecule has 0 fully saturated rings. The van der Waals surface area contributed by atoms with E-state index in [1.807, 2.05) is 29.6 Å². The largest absolute Gasteiger partial charge is 0.380 e. The molecule has 96 valence electrons. The van der Waals surface area contributed by atoms with Gasteiger partial charge in [0.2, 0.25) is 0 Å². The van der Waals surface area contributed by atoms with Crippen LogP contribution in [0.3, 0.4) is 0 Å². The van der Waals surface area contributed by atoms with Crippen molar-refractivity contribution in [3.05, 3.63) is 49.6 Å². The minimum absolute atomic E-state index is 0.578. The second-order valence-corrected chi connectivity index (χ2v) is 6.07. The Hall–Kier alpha value is -0.550. The van der Waals surface area contributed by atoms with Crippen LogP contribution < -0.4 is 5.32 Å². The number of halogens is 2. The number of hydrogen-bond acceptors (Lipinski definition) is 3. The highest BCUT2D eigenvalue weighted by atomic mass is 79.9. The van der Waals surface area contributed by atoms with E-state index in [-0.39, 0.29) is 0 Å². The molecule has 1 aromatic heterocycles. The predicted octanol–water partition coefficient (Wildman–Crippen LogP) is 4.92. The third-order valence-electron chi connectivity index (χ3n) is 2.48. The lowest BCUT2D eigenvalue weighted by Gasteiger charge is -2.12. The molecule has 0 saturated carbocycles. The van der Waals surface area contributed by atoms with Crippen LogP contribution in [0.5, 0.6) is 0 Å². The highest BCUT2D eigenvalue weighted by Crippen LogP contribution is 2.27. The number of methoxy groups -OCH3 is 1. The fourth-order valence-electron chi connectivity index (χ4n) is 1.64. The topological polar surface area (TPSA) is 21.3 Å². The summed E-state index contributed by atoms with van der Waals surface area (Å²) in [5, 5.41) is 6.14. The molecule has 2 aromatic rings. The monoisotopic (exact) mass is 345 g/mol. The highest BCUT2D eigenvalue weighted by molar-refractivity contribution is 9.10. The lowest BCUT2D eigenvalue weighted by Crippen LogP contribution is -2.02.